The highest BCUT2D eigenvalue weighted by molar-refractivity contribution is 14.1. The first-order chi connectivity index (χ1) is 17.4. The first-order valence-corrected chi connectivity index (χ1v) is 11.9. The minimum absolute atomic E-state index is 0.0521. The number of hydrogen-bond acceptors (Lipinski definition) is 6. The van der Waals surface area contributed by atoms with E-state index in [-0.39, 0.29) is 12.3 Å². The zero-order valence-corrected chi connectivity index (χ0v) is 21.1. The topological polar surface area (TPSA) is 115 Å². The third-order valence-electron chi connectivity index (χ3n) is 4.93. The average molecular weight is 602 g/mol. The number of ether oxygens (including phenoxy) is 2. The van der Waals surface area contributed by atoms with E-state index < -0.39 is 23.0 Å². The molecule has 36 heavy (non-hydrogen) atoms. The van der Waals surface area contributed by atoms with Crippen LogP contribution in [-0.4, -0.2) is 35.0 Å². The number of carbonyl (C=O) groups is 1. The summed E-state index contributed by atoms with van der Waals surface area (Å²) in [6.07, 6.45) is 1.35. The molecule has 2 N–H and O–H groups in total. The van der Waals surface area contributed by atoms with Crippen molar-refractivity contribution >= 4 is 51.3 Å². The molecular formula is C25H20FIN4O5. The highest BCUT2D eigenvalue weighted by Gasteiger charge is 2.15. The van der Waals surface area contributed by atoms with Gasteiger partial charge in [-0.15, -0.1) is 4.68 Å². The van der Waals surface area contributed by atoms with Crippen LogP contribution in [-0.2, 0) is 4.79 Å². The molecule has 0 aliphatic heterocycles. The first kappa shape index (κ1) is 25.1. The van der Waals surface area contributed by atoms with E-state index in [9.17, 15) is 18.8 Å². The number of amides is 1. The lowest BCUT2D eigenvalue weighted by Gasteiger charge is -2.14. The SMILES string of the molecule is CCOc1cc(C=Nn2c(=O)[nH]c3ccccc3c2=O)cc(I)c1OCC(=O)Nc1ccccc1F. The summed E-state index contributed by atoms with van der Waals surface area (Å²) in [6, 6.07) is 15.8. The maximum atomic E-state index is 13.8. The minimum Gasteiger partial charge on any atom is -0.490 e. The highest BCUT2D eigenvalue weighted by Crippen LogP contribution is 2.34. The number of anilines is 1. The molecule has 0 bridgehead atoms. The number of carbonyl (C=O) groups excluding carboxylic acids is 1. The zero-order chi connectivity index (χ0) is 25.7. The van der Waals surface area contributed by atoms with Crippen LogP contribution >= 0.6 is 22.6 Å². The van der Waals surface area contributed by atoms with Crippen LogP contribution in [0.1, 0.15) is 12.5 Å². The summed E-state index contributed by atoms with van der Waals surface area (Å²) in [5.41, 5.74) is -0.212. The number of para-hydroxylation sites is 2. The van der Waals surface area contributed by atoms with E-state index in [0.717, 1.165) is 4.68 Å². The smallest absolute Gasteiger partial charge is 0.349 e. The van der Waals surface area contributed by atoms with Crippen molar-refractivity contribution in [2.45, 2.75) is 6.92 Å². The summed E-state index contributed by atoms with van der Waals surface area (Å²) in [4.78, 5) is 39.9. The molecule has 11 heteroatoms. The Bertz CT molecular complexity index is 1580. The van der Waals surface area contributed by atoms with E-state index in [2.05, 4.69) is 15.4 Å². The van der Waals surface area contributed by atoms with Crippen molar-refractivity contribution < 1.29 is 18.7 Å². The number of fused-ring (bicyclic) bond motifs is 1. The largest absolute Gasteiger partial charge is 0.490 e. The second-order valence-corrected chi connectivity index (χ2v) is 8.58. The third kappa shape index (κ3) is 5.62. The molecule has 0 atom stereocenters. The molecule has 4 rings (SSSR count). The Morgan fingerprint density at radius 3 is 2.67 bits per heavy atom. The van der Waals surface area contributed by atoms with E-state index in [1.807, 2.05) is 22.6 Å². The van der Waals surface area contributed by atoms with Gasteiger partial charge in [0.25, 0.3) is 11.5 Å². The zero-order valence-electron chi connectivity index (χ0n) is 19.0. The van der Waals surface area contributed by atoms with Crippen LogP contribution in [0.15, 0.2) is 75.4 Å². The van der Waals surface area contributed by atoms with E-state index in [1.54, 1.807) is 49.4 Å². The second kappa shape index (κ2) is 11.2. The maximum Gasteiger partial charge on any atom is 0.349 e. The lowest BCUT2D eigenvalue weighted by atomic mass is 10.2. The van der Waals surface area contributed by atoms with Gasteiger partial charge in [0.05, 0.1) is 33.0 Å². The van der Waals surface area contributed by atoms with Gasteiger partial charge in [0.1, 0.15) is 5.82 Å². The monoisotopic (exact) mass is 602 g/mol. The maximum absolute atomic E-state index is 13.8. The summed E-state index contributed by atoms with van der Waals surface area (Å²) >= 11 is 2.01. The van der Waals surface area contributed by atoms with Crippen molar-refractivity contribution in [1.29, 1.82) is 0 Å². The number of nitrogens with zero attached hydrogens (tertiary/aromatic N) is 2. The fraction of sp³-hybridized carbons (Fsp3) is 0.120. The molecule has 3 aromatic carbocycles. The van der Waals surface area contributed by atoms with Gasteiger partial charge in [-0.05, 0) is 71.5 Å². The van der Waals surface area contributed by atoms with Gasteiger partial charge in [0.2, 0.25) is 0 Å². The molecular weight excluding hydrogens is 582 g/mol. The number of benzene rings is 3. The van der Waals surface area contributed by atoms with Gasteiger partial charge in [0.15, 0.2) is 18.1 Å². The Balaban J connectivity index is 1.57. The van der Waals surface area contributed by atoms with Crippen LogP contribution in [0.5, 0.6) is 11.5 Å². The Morgan fingerprint density at radius 2 is 1.89 bits per heavy atom. The van der Waals surface area contributed by atoms with E-state index in [1.165, 1.54) is 24.4 Å². The van der Waals surface area contributed by atoms with Crippen LogP contribution in [0.4, 0.5) is 10.1 Å². The molecule has 0 aliphatic carbocycles. The number of aromatic nitrogens is 2. The molecule has 0 saturated heterocycles. The molecule has 0 spiro atoms. The highest BCUT2D eigenvalue weighted by atomic mass is 127. The predicted octanol–water partition coefficient (Wildman–Crippen LogP) is 3.73. The molecule has 1 heterocycles. The summed E-state index contributed by atoms with van der Waals surface area (Å²) in [7, 11) is 0. The number of nitrogens with one attached hydrogen (secondary N) is 2. The Kier molecular flexibility index (Phi) is 7.78. The molecule has 1 aromatic heterocycles. The van der Waals surface area contributed by atoms with Gasteiger partial charge in [-0.3, -0.25) is 9.59 Å². The standard InChI is InChI=1S/C25H20FIN4O5/c1-2-35-21-12-15(13-28-31-24(33)16-7-3-5-9-19(16)30-25(31)34)11-18(27)23(21)36-14-22(32)29-20-10-6-4-8-17(20)26/h3-13H,2,14H2,1H3,(H,29,32)(H,30,34). The molecule has 0 aliphatic rings. The van der Waals surface area contributed by atoms with Crippen molar-refractivity contribution in [1.82, 2.24) is 9.66 Å². The molecule has 4 aromatic rings. The molecule has 1 amide bonds. The van der Waals surface area contributed by atoms with Gasteiger partial charge in [-0.25, -0.2) is 9.18 Å². The van der Waals surface area contributed by atoms with E-state index >= 15 is 0 Å². The first-order valence-electron chi connectivity index (χ1n) is 10.8. The number of halogens is 2. The number of rotatable bonds is 8. The third-order valence-corrected chi connectivity index (χ3v) is 5.73. The van der Waals surface area contributed by atoms with Crippen LogP contribution in [0.3, 0.4) is 0 Å². The van der Waals surface area contributed by atoms with Crippen molar-refractivity contribution in [3.63, 3.8) is 0 Å². The summed E-state index contributed by atoms with van der Waals surface area (Å²) in [6.45, 7) is 1.73. The van der Waals surface area contributed by atoms with E-state index in [4.69, 9.17) is 9.47 Å². The lowest BCUT2D eigenvalue weighted by molar-refractivity contribution is -0.118. The van der Waals surface area contributed by atoms with Gasteiger partial charge in [-0.2, -0.15) is 5.10 Å². The van der Waals surface area contributed by atoms with Gasteiger partial charge >= 0.3 is 5.69 Å². The van der Waals surface area contributed by atoms with E-state index in [0.29, 0.717) is 38.1 Å². The summed E-state index contributed by atoms with van der Waals surface area (Å²) in [5, 5.41) is 6.85. The van der Waals surface area contributed by atoms with Crippen molar-refractivity contribution in [3.05, 3.63) is 96.5 Å². The summed E-state index contributed by atoms with van der Waals surface area (Å²) in [5.74, 6) is -0.439. The average Bonchev–Trinajstić information content (AvgIpc) is 2.85. The quantitative estimate of drug-likeness (QED) is 0.236. The van der Waals surface area contributed by atoms with Crippen molar-refractivity contribution in [3.8, 4) is 11.5 Å². The minimum atomic E-state index is -0.671. The molecule has 0 saturated carbocycles. The normalized spacial score (nSPS) is 11.1. The van der Waals surface area contributed by atoms with Crippen molar-refractivity contribution in [2.75, 3.05) is 18.5 Å². The molecule has 0 unspecified atom stereocenters. The van der Waals surface area contributed by atoms with Crippen LogP contribution in [0.2, 0.25) is 0 Å². The van der Waals surface area contributed by atoms with Crippen LogP contribution < -0.4 is 26.0 Å². The van der Waals surface area contributed by atoms with Gasteiger partial charge in [-0.1, -0.05) is 24.3 Å². The number of aromatic amines is 1. The Morgan fingerprint density at radius 1 is 1.14 bits per heavy atom. The fourth-order valence-electron chi connectivity index (χ4n) is 3.33. The molecule has 184 valence electrons. The molecule has 9 nitrogen and oxygen atoms in total. The molecule has 0 radical (unpaired) electrons. The van der Waals surface area contributed by atoms with Gasteiger partial charge in [0, 0.05) is 0 Å². The number of hydrogen-bond donors (Lipinski definition) is 2. The predicted molar refractivity (Wildman–Crippen MR) is 143 cm³/mol. The van der Waals surface area contributed by atoms with Gasteiger partial charge < -0.3 is 19.8 Å². The van der Waals surface area contributed by atoms with Crippen LogP contribution in [0.25, 0.3) is 10.9 Å². The van der Waals surface area contributed by atoms with Crippen molar-refractivity contribution in [2.24, 2.45) is 5.10 Å². The van der Waals surface area contributed by atoms with Crippen LogP contribution in [0, 0.1) is 9.39 Å². The Hall–Kier alpha value is -4.00. The second-order valence-electron chi connectivity index (χ2n) is 7.42. The number of H-pyrrole nitrogens is 1. The lowest BCUT2D eigenvalue weighted by Crippen LogP contribution is -2.32. The fourth-order valence-corrected chi connectivity index (χ4v) is 4.12. The summed E-state index contributed by atoms with van der Waals surface area (Å²) < 4.78 is 26.5. The molecule has 0 fully saturated rings. The Labute approximate surface area is 217 Å².